The quantitative estimate of drug-likeness (QED) is 0.715. The molecule has 0 radical (unpaired) electrons. The highest BCUT2D eigenvalue weighted by atomic mass is 35.5. The van der Waals surface area contributed by atoms with Gasteiger partial charge in [0.2, 0.25) is 0 Å². The second kappa shape index (κ2) is 6.08. The summed E-state index contributed by atoms with van der Waals surface area (Å²) >= 11 is 6.02. The molecule has 15 heavy (non-hydrogen) atoms. The number of hydrogen-bond donors (Lipinski definition) is 3. The van der Waals surface area contributed by atoms with Gasteiger partial charge in [0.15, 0.2) is 0 Å². The van der Waals surface area contributed by atoms with Crippen LogP contribution >= 0.6 is 11.6 Å². The van der Waals surface area contributed by atoms with Crippen molar-refractivity contribution in [3.63, 3.8) is 0 Å². The molecule has 0 saturated heterocycles. The van der Waals surface area contributed by atoms with Crippen molar-refractivity contribution >= 4 is 11.6 Å². The summed E-state index contributed by atoms with van der Waals surface area (Å²) in [6, 6.07) is 7.22. The first kappa shape index (κ1) is 12.5. The molecule has 0 amide bonds. The fraction of sp³-hybridized carbons (Fsp3) is 0.455. The maximum atomic E-state index is 8.94. The van der Waals surface area contributed by atoms with E-state index in [9.17, 15) is 0 Å². The molecule has 0 unspecified atom stereocenters. The zero-order valence-corrected chi connectivity index (χ0v) is 9.41. The number of aliphatic hydroxyl groups excluding tert-OH is 2. The maximum absolute atomic E-state index is 8.94. The Morgan fingerprint density at radius 3 is 2.40 bits per heavy atom. The number of halogens is 1. The van der Waals surface area contributed by atoms with Crippen LogP contribution in [0.15, 0.2) is 24.3 Å². The van der Waals surface area contributed by atoms with E-state index < -0.39 is 0 Å². The lowest BCUT2D eigenvalue weighted by Crippen LogP contribution is -2.37. The van der Waals surface area contributed by atoms with E-state index in [1.807, 2.05) is 31.2 Å². The van der Waals surface area contributed by atoms with Gasteiger partial charge in [0, 0.05) is 11.1 Å². The summed E-state index contributed by atoms with van der Waals surface area (Å²) in [6.07, 6.45) is 0. The van der Waals surface area contributed by atoms with Gasteiger partial charge in [-0.1, -0.05) is 29.8 Å². The van der Waals surface area contributed by atoms with E-state index in [0.29, 0.717) is 5.02 Å². The van der Waals surface area contributed by atoms with Crippen LogP contribution in [0.4, 0.5) is 0 Å². The summed E-state index contributed by atoms with van der Waals surface area (Å²) in [4.78, 5) is 0. The molecule has 0 aliphatic rings. The van der Waals surface area contributed by atoms with Gasteiger partial charge in [-0.2, -0.15) is 0 Å². The number of benzene rings is 1. The maximum Gasteiger partial charge on any atom is 0.0607 e. The molecule has 4 heteroatoms. The van der Waals surface area contributed by atoms with Gasteiger partial charge in [0.25, 0.3) is 0 Å². The van der Waals surface area contributed by atoms with Crippen LogP contribution in [0.2, 0.25) is 5.02 Å². The summed E-state index contributed by atoms with van der Waals surface area (Å²) in [5, 5.41) is 21.6. The van der Waals surface area contributed by atoms with Gasteiger partial charge in [-0.25, -0.2) is 0 Å². The van der Waals surface area contributed by atoms with E-state index in [1.54, 1.807) is 0 Å². The first-order valence-electron chi connectivity index (χ1n) is 4.91. The summed E-state index contributed by atoms with van der Waals surface area (Å²) in [7, 11) is 0. The van der Waals surface area contributed by atoms with Gasteiger partial charge in [0.1, 0.15) is 0 Å². The Morgan fingerprint density at radius 2 is 1.87 bits per heavy atom. The molecule has 0 saturated carbocycles. The molecule has 1 aromatic rings. The van der Waals surface area contributed by atoms with Crippen LogP contribution in [0.25, 0.3) is 0 Å². The van der Waals surface area contributed by atoms with Crippen LogP contribution in [0.5, 0.6) is 0 Å². The van der Waals surface area contributed by atoms with E-state index in [-0.39, 0.29) is 25.3 Å². The molecule has 3 N–H and O–H groups in total. The number of aliphatic hydroxyl groups is 2. The Kier molecular flexibility index (Phi) is 5.05. The third-order valence-electron chi connectivity index (χ3n) is 2.30. The zero-order valence-electron chi connectivity index (χ0n) is 8.65. The van der Waals surface area contributed by atoms with E-state index in [1.165, 1.54) is 0 Å². The zero-order chi connectivity index (χ0) is 11.3. The van der Waals surface area contributed by atoms with E-state index in [0.717, 1.165) is 5.56 Å². The Balaban J connectivity index is 2.68. The fourth-order valence-corrected chi connectivity index (χ4v) is 1.73. The lowest BCUT2D eigenvalue weighted by Gasteiger charge is -2.20. The summed E-state index contributed by atoms with van der Waals surface area (Å²) in [6.45, 7) is 1.76. The molecule has 1 atom stereocenters. The monoisotopic (exact) mass is 229 g/mol. The molecular weight excluding hydrogens is 214 g/mol. The first-order valence-corrected chi connectivity index (χ1v) is 5.29. The summed E-state index contributed by atoms with van der Waals surface area (Å²) in [5.41, 5.74) is 0.964. The highest BCUT2D eigenvalue weighted by molar-refractivity contribution is 6.31. The smallest absolute Gasteiger partial charge is 0.0607 e. The number of nitrogens with one attached hydrogen (secondary N) is 1. The Hall–Kier alpha value is -0.610. The third-order valence-corrected chi connectivity index (χ3v) is 2.64. The molecule has 0 aliphatic carbocycles. The summed E-state index contributed by atoms with van der Waals surface area (Å²) in [5.74, 6) is 0. The molecule has 1 aromatic carbocycles. The van der Waals surface area contributed by atoms with Crippen LogP contribution in [0, 0.1) is 0 Å². The third kappa shape index (κ3) is 3.47. The van der Waals surface area contributed by atoms with Gasteiger partial charge in [-0.3, -0.25) is 0 Å². The molecule has 84 valence electrons. The minimum atomic E-state index is -0.309. The van der Waals surface area contributed by atoms with E-state index >= 15 is 0 Å². The van der Waals surface area contributed by atoms with Crippen molar-refractivity contribution in [2.75, 3.05) is 13.2 Å². The van der Waals surface area contributed by atoms with Crippen LogP contribution in [0.1, 0.15) is 18.5 Å². The summed E-state index contributed by atoms with van der Waals surface area (Å²) < 4.78 is 0. The average Bonchev–Trinajstić information content (AvgIpc) is 2.26. The predicted molar refractivity (Wildman–Crippen MR) is 61.0 cm³/mol. The van der Waals surface area contributed by atoms with Gasteiger partial charge in [-0.15, -0.1) is 0 Å². The second-order valence-electron chi connectivity index (χ2n) is 3.47. The standard InChI is InChI=1S/C11H16ClNO2/c1-8(13-9(6-14)7-15)10-4-2-3-5-11(10)12/h2-5,8-9,13-15H,6-7H2,1H3/t8-/m0/s1. The van der Waals surface area contributed by atoms with Crippen LogP contribution < -0.4 is 5.32 Å². The van der Waals surface area contributed by atoms with Gasteiger partial charge < -0.3 is 15.5 Å². The number of rotatable bonds is 5. The topological polar surface area (TPSA) is 52.5 Å². The molecule has 0 aliphatic heterocycles. The molecule has 3 nitrogen and oxygen atoms in total. The molecule has 0 bridgehead atoms. The predicted octanol–water partition coefficient (Wildman–Crippen LogP) is 1.34. The van der Waals surface area contributed by atoms with Crippen molar-refractivity contribution in [2.24, 2.45) is 0 Å². The normalized spacial score (nSPS) is 13.1. The Labute approximate surface area is 94.7 Å². The van der Waals surface area contributed by atoms with Crippen LogP contribution in [-0.4, -0.2) is 29.5 Å². The van der Waals surface area contributed by atoms with Crippen molar-refractivity contribution in [1.82, 2.24) is 5.32 Å². The SMILES string of the molecule is C[C@H](NC(CO)CO)c1ccccc1Cl. The highest BCUT2D eigenvalue weighted by Crippen LogP contribution is 2.22. The van der Waals surface area contributed by atoms with Crippen molar-refractivity contribution in [2.45, 2.75) is 19.0 Å². The molecule has 0 heterocycles. The van der Waals surface area contributed by atoms with E-state index in [4.69, 9.17) is 21.8 Å². The molecule has 1 rings (SSSR count). The molecule has 0 aromatic heterocycles. The average molecular weight is 230 g/mol. The minimum absolute atomic E-state index is 0.00278. The second-order valence-corrected chi connectivity index (χ2v) is 3.88. The highest BCUT2D eigenvalue weighted by Gasteiger charge is 2.13. The largest absolute Gasteiger partial charge is 0.395 e. The van der Waals surface area contributed by atoms with Crippen LogP contribution in [-0.2, 0) is 0 Å². The van der Waals surface area contributed by atoms with Crippen molar-refractivity contribution < 1.29 is 10.2 Å². The molecular formula is C11H16ClNO2. The minimum Gasteiger partial charge on any atom is -0.395 e. The molecule has 0 spiro atoms. The van der Waals surface area contributed by atoms with Crippen molar-refractivity contribution in [1.29, 1.82) is 0 Å². The van der Waals surface area contributed by atoms with Gasteiger partial charge >= 0.3 is 0 Å². The lowest BCUT2D eigenvalue weighted by atomic mass is 10.1. The Bertz CT molecular complexity index is 302. The van der Waals surface area contributed by atoms with Gasteiger partial charge in [0.05, 0.1) is 19.3 Å². The fourth-order valence-electron chi connectivity index (χ4n) is 1.43. The Morgan fingerprint density at radius 1 is 1.27 bits per heavy atom. The van der Waals surface area contributed by atoms with Crippen LogP contribution in [0.3, 0.4) is 0 Å². The van der Waals surface area contributed by atoms with Gasteiger partial charge in [-0.05, 0) is 18.6 Å². The molecule has 0 fully saturated rings. The first-order chi connectivity index (χ1) is 7.19. The lowest BCUT2D eigenvalue weighted by molar-refractivity contribution is 0.163. The van der Waals surface area contributed by atoms with E-state index in [2.05, 4.69) is 5.32 Å². The van der Waals surface area contributed by atoms with Crippen molar-refractivity contribution in [3.05, 3.63) is 34.9 Å². The number of hydrogen-bond acceptors (Lipinski definition) is 3. The van der Waals surface area contributed by atoms with Crippen molar-refractivity contribution in [3.8, 4) is 0 Å².